The molecule has 0 heterocycles. The van der Waals surface area contributed by atoms with Crippen molar-refractivity contribution in [1.82, 2.24) is 0 Å². The van der Waals surface area contributed by atoms with Crippen LogP contribution in [-0.4, -0.2) is 33.5 Å². The Labute approximate surface area is 199 Å². The Kier molecular flexibility index (Phi) is 24.5. The number of carboxylic acid groups (broad SMARTS) is 1. The Morgan fingerprint density at radius 2 is 0.812 bits per heavy atom. The molecule has 0 spiro atoms. The molecule has 0 aliphatic rings. The molecule has 0 radical (unpaired) electrons. The molecule has 3 N–H and O–H groups in total. The lowest BCUT2D eigenvalue weighted by atomic mass is 10.00. The van der Waals surface area contributed by atoms with Crippen molar-refractivity contribution in [2.24, 2.45) is 0 Å². The molecule has 4 nitrogen and oxygen atoms in total. The minimum absolute atomic E-state index is 0.225. The quantitative estimate of drug-likeness (QED) is 0.115. The molecular weight excluding hydrogens is 400 g/mol. The zero-order valence-electron chi connectivity index (χ0n) is 21.4. The molecule has 0 aliphatic heterocycles. The van der Waals surface area contributed by atoms with Crippen LogP contribution in [0.4, 0.5) is 0 Å². The molecule has 0 aromatic carbocycles. The molecule has 0 fully saturated rings. The molecule has 4 heteroatoms. The van der Waals surface area contributed by atoms with Crippen molar-refractivity contribution >= 4 is 5.97 Å². The minimum atomic E-state index is -0.667. The Morgan fingerprint density at radius 3 is 1.16 bits per heavy atom. The van der Waals surface area contributed by atoms with Gasteiger partial charge in [0.25, 0.3) is 0 Å². The number of aliphatic hydroxyl groups is 2. The number of hydrogen-bond donors (Lipinski definition) is 3. The van der Waals surface area contributed by atoms with Crippen molar-refractivity contribution in [3.63, 3.8) is 0 Å². The van der Waals surface area contributed by atoms with Crippen molar-refractivity contribution in [2.45, 2.75) is 173 Å². The average molecular weight is 457 g/mol. The predicted molar refractivity (Wildman–Crippen MR) is 136 cm³/mol. The highest BCUT2D eigenvalue weighted by Gasteiger charge is 2.09. The van der Waals surface area contributed by atoms with Gasteiger partial charge in [0, 0.05) is 6.42 Å². The lowest BCUT2D eigenvalue weighted by Crippen LogP contribution is -2.13. The third-order valence-corrected chi connectivity index (χ3v) is 6.65. The summed E-state index contributed by atoms with van der Waals surface area (Å²) in [6.07, 6.45) is 26.7. The standard InChI is InChI=1S/C28H56O4/c1-2-3-4-18-21-26(29)24-25-27(30)22-19-16-14-12-10-8-6-5-7-9-11-13-15-17-20-23-28(31)32/h26-27,29-30H,2-25H2,1H3,(H,31,32). The molecule has 0 saturated heterocycles. The van der Waals surface area contributed by atoms with E-state index in [0.717, 1.165) is 51.4 Å². The molecule has 0 amide bonds. The third kappa shape index (κ3) is 25.6. The summed E-state index contributed by atoms with van der Waals surface area (Å²) in [6.45, 7) is 2.20. The maximum Gasteiger partial charge on any atom is 0.303 e. The zero-order chi connectivity index (χ0) is 23.7. The van der Waals surface area contributed by atoms with Crippen LogP contribution in [0.5, 0.6) is 0 Å². The first-order chi connectivity index (χ1) is 15.6. The smallest absolute Gasteiger partial charge is 0.303 e. The molecule has 192 valence electrons. The third-order valence-electron chi connectivity index (χ3n) is 6.65. The lowest BCUT2D eigenvalue weighted by molar-refractivity contribution is -0.137. The van der Waals surface area contributed by atoms with Gasteiger partial charge in [-0.1, -0.05) is 122 Å². The molecule has 0 saturated carbocycles. The van der Waals surface area contributed by atoms with Crippen LogP contribution in [-0.2, 0) is 4.79 Å². The van der Waals surface area contributed by atoms with E-state index in [0.29, 0.717) is 6.42 Å². The summed E-state index contributed by atoms with van der Waals surface area (Å²) in [5, 5.41) is 28.7. The van der Waals surface area contributed by atoms with Gasteiger partial charge in [0.2, 0.25) is 0 Å². The fraction of sp³-hybridized carbons (Fsp3) is 0.964. The number of aliphatic carboxylic acids is 1. The summed E-state index contributed by atoms with van der Waals surface area (Å²) < 4.78 is 0. The van der Waals surface area contributed by atoms with Crippen molar-refractivity contribution in [2.75, 3.05) is 0 Å². The summed E-state index contributed by atoms with van der Waals surface area (Å²) in [4.78, 5) is 10.4. The van der Waals surface area contributed by atoms with E-state index in [2.05, 4.69) is 6.92 Å². The van der Waals surface area contributed by atoms with Gasteiger partial charge in [-0.05, 0) is 32.1 Å². The SMILES string of the molecule is CCCCCCC(O)CCC(O)CCCCCCCCCCCCCCCCCC(=O)O. The van der Waals surface area contributed by atoms with Crippen molar-refractivity contribution < 1.29 is 20.1 Å². The number of carbonyl (C=O) groups is 1. The van der Waals surface area contributed by atoms with Gasteiger partial charge in [0.1, 0.15) is 0 Å². The van der Waals surface area contributed by atoms with E-state index in [4.69, 9.17) is 5.11 Å². The topological polar surface area (TPSA) is 77.8 Å². The van der Waals surface area contributed by atoms with Crippen LogP contribution < -0.4 is 0 Å². The summed E-state index contributed by atoms with van der Waals surface area (Å²) in [5.74, 6) is -0.667. The van der Waals surface area contributed by atoms with Gasteiger partial charge in [0.15, 0.2) is 0 Å². The number of hydrogen-bond acceptors (Lipinski definition) is 3. The van der Waals surface area contributed by atoms with E-state index < -0.39 is 5.97 Å². The number of rotatable bonds is 26. The normalized spacial score (nSPS) is 13.3. The van der Waals surface area contributed by atoms with Crippen LogP contribution in [0.15, 0.2) is 0 Å². The first-order valence-electron chi connectivity index (χ1n) is 14.1. The van der Waals surface area contributed by atoms with Gasteiger partial charge >= 0.3 is 5.97 Å². The van der Waals surface area contributed by atoms with Crippen molar-refractivity contribution in [3.05, 3.63) is 0 Å². The first-order valence-corrected chi connectivity index (χ1v) is 14.1. The van der Waals surface area contributed by atoms with Gasteiger partial charge in [0.05, 0.1) is 12.2 Å². The predicted octanol–water partition coefficient (Wildman–Crippen LogP) is 8.18. The summed E-state index contributed by atoms with van der Waals surface area (Å²) in [5.41, 5.74) is 0. The molecule has 0 aromatic rings. The molecule has 0 aliphatic carbocycles. The maximum absolute atomic E-state index is 10.4. The second kappa shape index (κ2) is 25.0. The maximum atomic E-state index is 10.4. The fourth-order valence-electron chi connectivity index (χ4n) is 4.43. The van der Waals surface area contributed by atoms with Gasteiger partial charge in [-0.3, -0.25) is 4.79 Å². The lowest BCUT2D eigenvalue weighted by Gasteiger charge is -2.14. The molecule has 0 bridgehead atoms. The van der Waals surface area contributed by atoms with Crippen LogP contribution in [0.25, 0.3) is 0 Å². The Morgan fingerprint density at radius 1 is 0.500 bits per heavy atom. The molecule has 2 unspecified atom stereocenters. The van der Waals surface area contributed by atoms with Crippen LogP contribution in [0.1, 0.15) is 161 Å². The first kappa shape index (κ1) is 31.4. The van der Waals surface area contributed by atoms with E-state index in [1.54, 1.807) is 0 Å². The largest absolute Gasteiger partial charge is 0.481 e. The van der Waals surface area contributed by atoms with Gasteiger partial charge in [-0.15, -0.1) is 0 Å². The molecule has 0 aromatic heterocycles. The monoisotopic (exact) mass is 456 g/mol. The fourth-order valence-corrected chi connectivity index (χ4v) is 4.43. The number of aliphatic hydroxyl groups excluding tert-OH is 2. The highest BCUT2D eigenvalue weighted by Crippen LogP contribution is 2.16. The zero-order valence-corrected chi connectivity index (χ0v) is 21.4. The van der Waals surface area contributed by atoms with E-state index in [9.17, 15) is 15.0 Å². The Hall–Kier alpha value is -0.610. The van der Waals surface area contributed by atoms with Crippen LogP contribution >= 0.6 is 0 Å². The van der Waals surface area contributed by atoms with Crippen LogP contribution in [0, 0.1) is 0 Å². The van der Waals surface area contributed by atoms with Crippen molar-refractivity contribution in [1.29, 1.82) is 0 Å². The van der Waals surface area contributed by atoms with E-state index in [1.165, 1.54) is 96.3 Å². The number of unbranched alkanes of at least 4 members (excludes halogenated alkanes) is 17. The highest BCUT2D eigenvalue weighted by molar-refractivity contribution is 5.66. The highest BCUT2D eigenvalue weighted by atomic mass is 16.4. The molecular formula is C28H56O4. The van der Waals surface area contributed by atoms with E-state index in [1.807, 2.05) is 0 Å². The minimum Gasteiger partial charge on any atom is -0.481 e. The number of carboxylic acids is 1. The van der Waals surface area contributed by atoms with Gasteiger partial charge < -0.3 is 15.3 Å². The summed E-state index contributed by atoms with van der Waals surface area (Å²) >= 11 is 0. The molecule has 2 atom stereocenters. The van der Waals surface area contributed by atoms with E-state index in [-0.39, 0.29) is 12.2 Å². The second-order valence-electron chi connectivity index (χ2n) is 9.97. The summed E-state index contributed by atoms with van der Waals surface area (Å²) in [7, 11) is 0. The Balaban J connectivity index is 3.21. The molecule has 32 heavy (non-hydrogen) atoms. The molecule has 0 rings (SSSR count). The van der Waals surface area contributed by atoms with Crippen molar-refractivity contribution in [3.8, 4) is 0 Å². The van der Waals surface area contributed by atoms with Gasteiger partial charge in [-0.25, -0.2) is 0 Å². The summed E-state index contributed by atoms with van der Waals surface area (Å²) in [6, 6.07) is 0. The van der Waals surface area contributed by atoms with Crippen LogP contribution in [0.2, 0.25) is 0 Å². The average Bonchev–Trinajstić information content (AvgIpc) is 2.77. The van der Waals surface area contributed by atoms with E-state index >= 15 is 0 Å². The Bertz CT molecular complexity index is 386. The van der Waals surface area contributed by atoms with Crippen LogP contribution in [0.3, 0.4) is 0 Å². The second-order valence-corrected chi connectivity index (χ2v) is 9.97. The van der Waals surface area contributed by atoms with Gasteiger partial charge in [-0.2, -0.15) is 0 Å².